The fourth-order valence-electron chi connectivity index (χ4n) is 2.56. The standard InChI is InChI=1S/C20H27NO9/c1-4-28-19-14(16(25)17(19)26)21-12-5-7-13(8-6-12)30-20(29-10(2)9-22)18(27)15(24)11(3)23/h5-8,10-11,15,18,20-24,27H,4,9H2,1-3H3/t10?,11?,15-,18?,20?/m0/s1. The molecule has 0 bridgehead atoms. The lowest BCUT2D eigenvalue weighted by molar-refractivity contribution is -0.208. The lowest BCUT2D eigenvalue weighted by Crippen LogP contribution is -2.48. The molecule has 2 aromatic carbocycles. The van der Waals surface area contributed by atoms with Gasteiger partial charge in [0.2, 0.25) is 6.29 Å². The summed E-state index contributed by atoms with van der Waals surface area (Å²) in [4.78, 5) is 23.2. The van der Waals surface area contributed by atoms with Crippen LogP contribution in [0.3, 0.4) is 0 Å². The zero-order chi connectivity index (χ0) is 22.4. The Morgan fingerprint density at radius 3 is 2.17 bits per heavy atom. The average Bonchev–Trinajstić information content (AvgIpc) is 2.75. The van der Waals surface area contributed by atoms with Gasteiger partial charge < -0.3 is 40.0 Å². The highest BCUT2D eigenvalue weighted by molar-refractivity contribution is 5.70. The zero-order valence-electron chi connectivity index (χ0n) is 16.9. The van der Waals surface area contributed by atoms with Gasteiger partial charge in [-0.25, -0.2) is 0 Å². The van der Waals surface area contributed by atoms with Gasteiger partial charge in [0, 0.05) is 5.69 Å². The highest BCUT2D eigenvalue weighted by Gasteiger charge is 2.33. The van der Waals surface area contributed by atoms with Crippen LogP contribution in [0.4, 0.5) is 11.4 Å². The molecule has 0 radical (unpaired) electrons. The molecule has 0 heterocycles. The van der Waals surface area contributed by atoms with Crippen molar-refractivity contribution in [2.75, 3.05) is 18.5 Å². The maximum Gasteiger partial charge on any atom is 0.272 e. The first kappa shape index (κ1) is 23.8. The molecule has 10 nitrogen and oxygen atoms in total. The number of rotatable bonds is 12. The Morgan fingerprint density at radius 2 is 1.63 bits per heavy atom. The van der Waals surface area contributed by atoms with Crippen molar-refractivity contribution in [1.29, 1.82) is 0 Å². The SMILES string of the molecule is CCOc1c(Nc2ccc(OC(OC(C)CO)C(O)[C@@H](O)C(C)O)cc2)c(=O)c1=O. The molecule has 0 saturated carbocycles. The molecule has 4 unspecified atom stereocenters. The quantitative estimate of drug-likeness (QED) is 0.225. The Kier molecular flexibility index (Phi) is 8.33. The van der Waals surface area contributed by atoms with Crippen molar-refractivity contribution < 1.29 is 34.6 Å². The van der Waals surface area contributed by atoms with E-state index in [2.05, 4.69) is 5.32 Å². The summed E-state index contributed by atoms with van der Waals surface area (Å²) in [5.74, 6) is 0.243. The Balaban J connectivity index is 2.12. The van der Waals surface area contributed by atoms with E-state index in [0.29, 0.717) is 5.69 Å². The molecule has 0 aliphatic rings. The van der Waals surface area contributed by atoms with Crippen molar-refractivity contribution in [2.24, 2.45) is 0 Å². The fourth-order valence-corrected chi connectivity index (χ4v) is 2.56. The normalized spacial score (nSPS) is 16.5. The van der Waals surface area contributed by atoms with Crippen LogP contribution in [0.1, 0.15) is 20.8 Å². The van der Waals surface area contributed by atoms with Crippen LogP contribution in [0.15, 0.2) is 33.9 Å². The minimum Gasteiger partial charge on any atom is -0.488 e. The second kappa shape index (κ2) is 10.5. The monoisotopic (exact) mass is 425 g/mol. The first-order valence-corrected chi connectivity index (χ1v) is 9.49. The smallest absolute Gasteiger partial charge is 0.272 e. The summed E-state index contributed by atoms with van der Waals surface area (Å²) in [6, 6.07) is 6.14. The van der Waals surface area contributed by atoms with Gasteiger partial charge in [-0.1, -0.05) is 0 Å². The third-order valence-corrected chi connectivity index (χ3v) is 4.28. The summed E-state index contributed by atoms with van der Waals surface area (Å²) in [5, 5.41) is 41.7. The Hall–Kier alpha value is -2.50. The van der Waals surface area contributed by atoms with E-state index in [1.807, 2.05) is 0 Å². The van der Waals surface area contributed by atoms with Crippen molar-refractivity contribution >= 4 is 11.4 Å². The highest BCUT2D eigenvalue weighted by atomic mass is 16.7. The Morgan fingerprint density at radius 1 is 1.00 bits per heavy atom. The molecule has 0 fully saturated rings. The van der Waals surface area contributed by atoms with E-state index in [0.717, 1.165) is 0 Å². The van der Waals surface area contributed by atoms with Crippen LogP contribution < -0.4 is 25.6 Å². The predicted octanol–water partition coefficient (Wildman–Crippen LogP) is -0.370. The van der Waals surface area contributed by atoms with E-state index < -0.39 is 41.6 Å². The number of hydrogen-bond donors (Lipinski definition) is 5. The Labute approximate surface area is 173 Å². The number of anilines is 2. The zero-order valence-corrected chi connectivity index (χ0v) is 16.9. The van der Waals surface area contributed by atoms with Crippen molar-refractivity contribution in [3.8, 4) is 11.5 Å². The molecular formula is C20H27NO9. The molecule has 2 aromatic rings. The molecule has 0 aliphatic carbocycles. The van der Waals surface area contributed by atoms with Gasteiger partial charge in [0.25, 0.3) is 10.9 Å². The number of ether oxygens (including phenoxy) is 3. The van der Waals surface area contributed by atoms with Crippen LogP contribution in [0.25, 0.3) is 0 Å². The topological polar surface area (TPSA) is 155 Å². The van der Waals surface area contributed by atoms with Gasteiger partial charge in [-0.2, -0.15) is 0 Å². The van der Waals surface area contributed by atoms with Crippen molar-refractivity contribution in [3.63, 3.8) is 0 Å². The van der Waals surface area contributed by atoms with Gasteiger partial charge >= 0.3 is 0 Å². The first-order valence-electron chi connectivity index (χ1n) is 9.49. The van der Waals surface area contributed by atoms with Gasteiger partial charge in [0.15, 0.2) is 5.75 Å². The number of hydrogen-bond acceptors (Lipinski definition) is 10. The fraction of sp³-hybridized carbons (Fsp3) is 0.500. The maximum atomic E-state index is 11.7. The van der Waals surface area contributed by atoms with Crippen LogP contribution in [0.5, 0.6) is 11.5 Å². The summed E-state index contributed by atoms with van der Waals surface area (Å²) in [7, 11) is 0. The van der Waals surface area contributed by atoms with Crippen molar-refractivity contribution in [1.82, 2.24) is 0 Å². The van der Waals surface area contributed by atoms with E-state index >= 15 is 0 Å². The van der Waals surface area contributed by atoms with Gasteiger partial charge in [0.1, 0.15) is 23.6 Å². The third kappa shape index (κ3) is 5.55. The van der Waals surface area contributed by atoms with Gasteiger partial charge in [-0.05, 0) is 45.0 Å². The maximum absolute atomic E-state index is 11.7. The minimum atomic E-state index is -1.59. The number of aliphatic hydroxyl groups excluding tert-OH is 4. The number of aliphatic hydroxyl groups is 4. The molecule has 0 spiro atoms. The molecule has 2 rings (SSSR count). The van der Waals surface area contributed by atoms with E-state index in [4.69, 9.17) is 14.2 Å². The summed E-state index contributed by atoms with van der Waals surface area (Å²) in [6.07, 6.45) is -6.42. The highest BCUT2D eigenvalue weighted by Crippen LogP contribution is 2.25. The first-order chi connectivity index (χ1) is 14.2. The number of benzene rings is 1. The van der Waals surface area contributed by atoms with Crippen LogP contribution in [-0.2, 0) is 4.74 Å². The molecule has 166 valence electrons. The molecule has 0 aromatic heterocycles. The summed E-state index contributed by atoms with van der Waals surface area (Å²) < 4.78 is 16.1. The van der Waals surface area contributed by atoms with Gasteiger partial charge in [-0.3, -0.25) is 9.59 Å². The largest absolute Gasteiger partial charge is 0.488 e. The molecule has 5 atom stereocenters. The second-order valence-corrected chi connectivity index (χ2v) is 6.78. The lowest BCUT2D eigenvalue weighted by Gasteiger charge is -2.30. The molecule has 30 heavy (non-hydrogen) atoms. The second-order valence-electron chi connectivity index (χ2n) is 6.78. The molecular weight excluding hydrogens is 398 g/mol. The van der Waals surface area contributed by atoms with Crippen molar-refractivity contribution in [3.05, 3.63) is 44.7 Å². The minimum absolute atomic E-state index is 0.00971. The molecule has 5 N–H and O–H groups in total. The van der Waals surface area contributed by atoms with Crippen LogP contribution in [0.2, 0.25) is 0 Å². The molecule has 10 heteroatoms. The third-order valence-electron chi connectivity index (χ3n) is 4.28. The van der Waals surface area contributed by atoms with Crippen LogP contribution in [0, 0.1) is 0 Å². The lowest BCUT2D eigenvalue weighted by atomic mass is 10.1. The number of nitrogens with one attached hydrogen (secondary N) is 1. The summed E-state index contributed by atoms with van der Waals surface area (Å²) in [5.41, 5.74) is -0.784. The molecule has 0 amide bonds. The van der Waals surface area contributed by atoms with Gasteiger partial charge in [-0.15, -0.1) is 0 Å². The van der Waals surface area contributed by atoms with E-state index in [1.54, 1.807) is 26.0 Å². The summed E-state index contributed by atoms with van der Waals surface area (Å²) in [6.45, 7) is 4.46. The van der Waals surface area contributed by atoms with Crippen molar-refractivity contribution in [2.45, 2.75) is 51.5 Å². The van der Waals surface area contributed by atoms with Crippen LogP contribution in [-0.4, -0.2) is 64.3 Å². The van der Waals surface area contributed by atoms with E-state index in [1.165, 1.54) is 19.1 Å². The molecule has 0 aliphatic heterocycles. The Bertz CT molecular complexity index is 873. The van der Waals surface area contributed by atoms with E-state index in [9.17, 15) is 30.0 Å². The predicted molar refractivity (Wildman–Crippen MR) is 108 cm³/mol. The molecule has 0 saturated heterocycles. The van der Waals surface area contributed by atoms with E-state index in [-0.39, 0.29) is 30.4 Å². The van der Waals surface area contributed by atoms with Crippen LogP contribution >= 0.6 is 0 Å². The van der Waals surface area contributed by atoms with Gasteiger partial charge in [0.05, 0.1) is 25.4 Å². The summed E-state index contributed by atoms with van der Waals surface area (Å²) >= 11 is 0. The average molecular weight is 425 g/mol.